The molecule has 3 aromatic carbocycles. The molecule has 1 atom stereocenters. The van der Waals surface area contributed by atoms with E-state index in [1.807, 2.05) is 71.5 Å². The van der Waals surface area contributed by atoms with Crippen molar-refractivity contribution in [3.63, 3.8) is 0 Å². The third-order valence-corrected chi connectivity index (χ3v) is 4.80. The molecule has 0 fully saturated rings. The van der Waals surface area contributed by atoms with Gasteiger partial charge in [-0.3, -0.25) is 9.48 Å². The Balaban J connectivity index is 1.36. The van der Waals surface area contributed by atoms with Crippen LogP contribution in [0.15, 0.2) is 85.2 Å². The van der Waals surface area contributed by atoms with Gasteiger partial charge in [0.1, 0.15) is 5.75 Å². The second-order valence-electron chi connectivity index (χ2n) is 6.95. The van der Waals surface area contributed by atoms with Gasteiger partial charge < -0.3 is 10.1 Å². The number of carbonyl (C=O) groups excluding carboxylic acids is 1. The maximum Gasteiger partial charge on any atom is 0.265 e. The molecule has 0 spiro atoms. The van der Waals surface area contributed by atoms with Crippen LogP contribution in [0.2, 0.25) is 0 Å². The number of carbonyl (C=O) groups is 1. The van der Waals surface area contributed by atoms with Crippen molar-refractivity contribution in [3.05, 3.63) is 90.8 Å². The average Bonchev–Trinajstić information content (AvgIpc) is 3.20. The molecule has 0 radical (unpaired) electrons. The Morgan fingerprint density at radius 3 is 2.66 bits per heavy atom. The second-order valence-corrected chi connectivity index (χ2v) is 6.95. The van der Waals surface area contributed by atoms with E-state index in [0.29, 0.717) is 11.4 Å². The number of ether oxygens (including phenoxy) is 1. The number of amides is 1. The van der Waals surface area contributed by atoms with E-state index < -0.39 is 6.10 Å². The van der Waals surface area contributed by atoms with Crippen molar-refractivity contribution in [1.29, 1.82) is 0 Å². The van der Waals surface area contributed by atoms with Gasteiger partial charge in [-0.2, -0.15) is 5.10 Å². The third kappa shape index (κ3) is 4.63. The molecule has 5 heteroatoms. The van der Waals surface area contributed by atoms with Crippen molar-refractivity contribution in [2.75, 3.05) is 5.32 Å². The summed E-state index contributed by atoms with van der Waals surface area (Å²) in [7, 11) is 0. The van der Waals surface area contributed by atoms with Gasteiger partial charge in [0.2, 0.25) is 0 Å². The zero-order valence-electron chi connectivity index (χ0n) is 16.3. The van der Waals surface area contributed by atoms with E-state index >= 15 is 0 Å². The molecule has 146 valence electrons. The van der Waals surface area contributed by atoms with Crippen LogP contribution in [0.5, 0.6) is 5.75 Å². The van der Waals surface area contributed by atoms with Gasteiger partial charge in [0.15, 0.2) is 6.10 Å². The number of rotatable bonds is 7. The molecule has 0 aliphatic rings. The van der Waals surface area contributed by atoms with Crippen molar-refractivity contribution < 1.29 is 9.53 Å². The van der Waals surface area contributed by atoms with Crippen LogP contribution in [-0.2, 0) is 17.8 Å². The Labute approximate surface area is 169 Å². The minimum atomic E-state index is -0.631. The molecule has 1 heterocycles. The van der Waals surface area contributed by atoms with Crippen LogP contribution in [0.4, 0.5) is 5.69 Å². The highest BCUT2D eigenvalue weighted by atomic mass is 16.5. The maximum atomic E-state index is 12.6. The molecule has 0 saturated carbocycles. The first-order chi connectivity index (χ1) is 14.2. The first-order valence-corrected chi connectivity index (χ1v) is 9.71. The molecule has 1 amide bonds. The monoisotopic (exact) mass is 385 g/mol. The summed E-state index contributed by atoms with van der Waals surface area (Å²) < 4.78 is 7.77. The Morgan fingerprint density at radius 2 is 1.79 bits per heavy atom. The summed E-state index contributed by atoms with van der Waals surface area (Å²) in [6.07, 6.45) is 3.75. The lowest BCUT2D eigenvalue weighted by atomic mass is 10.1. The molecule has 1 aromatic heterocycles. The van der Waals surface area contributed by atoms with Crippen LogP contribution in [0.25, 0.3) is 10.8 Å². The van der Waals surface area contributed by atoms with Gasteiger partial charge in [-0.15, -0.1) is 0 Å². The van der Waals surface area contributed by atoms with Crippen molar-refractivity contribution >= 4 is 22.4 Å². The minimum Gasteiger partial charge on any atom is -0.480 e. The van der Waals surface area contributed by atoms with Crippen LogP contribution >= 0.6 is 0 Å². The summed E-state index contributed by atoms with van der Waals surface area (Å²) in [5, 5.41) is 9.28. The number of hydrogen-bond acceptors (Lipinski definition) is 3. The largest absolute Gasteiger partial charge is 0.480 e. The molecule has 4 aromatic rings. The first kappa shape index (κ1) is 18.7. The quantitative estimate of drug-likeness (QED) is 0.502. The fourth-order valence-corrected chi connectivity index (χ4v) is 3.23. The zero-order valence-corrected chi connectivity index (χ0v) is 16.3. The van der Waals surface area contributed by atoms with E-state index in [-0.39, 0.29) is 5.91 Å². The van der Waals surface area contributed by atoms with Crippen LogP contribution in [0.1, 0.15) is 12.5 Å². The Bertz CT molecular complexity index is 1100. The molecule has 0 saturated heterocycles. The molecular weight excluding hydrogens is 362 g/mol. The lowest BCUT2D eigenvalue weighted by Gasteiger charge is -2.15. The van der Waals surface area contributed by atoms with E-state index in [1.165, 1.54) is 5.56 Å². The van der Waals surface area contributed by atoms with Crippen LogP contribution in [-0.4, -0.2) is 21.8 Å². The van der Waals surface area contributed by atoms with E-state index in [2.05, 4.69) is 22.5 Å². The number of aryl methyl sites for hydroxylation is 2. The van der Waals surface area contributed by atoms with Crippen molar-refractivity contribution in [1.82, 2.24) is 9.78 Å². The van der Waals surface area contributed by atoms with Crippen LogP contribution < -0.4 is 10.1 Å². The SMILES string of the molecule is CC(Oc1cccc2ccccc12)C(=O)Nc1cnn(CCc2ccccc2)c1. The van der Waals surface area contributed by atoms with E-state index in [0.717, 1.165) is 23.7 Å². The summed E-state index contributed by atoms with van der Waals surface area (Å²) in [5.74, 6) is 0.491. The standard InChI is InChI=1S/C24H23N3O2/c1-18(29-23-13-7-11-20-10-5-6-12-22(20)23)24(28)26-21-16-25-27(17-21)15-14-19-8-3-2-4-9-19/h2-13,16-18H,14-15H2,1H3,(H,26,28). The van der Waals surface area contributed by atoms with E-state index in [4.69, 9.17) is 4.74 Å². The summed E-state index contributed by atoms with van der Waals surface area (Å²) >= 11 is 0. The summed E-state index contributed by atoms with van der Waals surface area (Å²) in [6.45, 7) is 2.50. The lowest BCUT2D eigenvalue weighted by molar-refractivity contribution is -0.122. The first-order valence-electron chi connectivity index (χ1n) is 9.71. The van der Waals surface area contributed by atoms with Gasteiger partial charge in [-0.25, -0.2) is 0 Å². The van der Waals surface area contributed by atoms with Crippen LogP contribution in [0, 0.1) is 0 Å². The number of fused-ring (bicyclic) bond motifs is 1. The average molecular weight is 385 g/mol. The number of hydrogen-bond donors (Lipinski definition) is 1. The Kier molecular flexibility index (Phi) is 5.56. The number of anilines is 1. The number of nitrogens with one attached hydrogen (secondary N) is 1. The molecule has 0 aliphatic heterocycles. The molecule has 0 aliphatic carbocycles. The van der Waals surface area contributed by atoms with E-state index in [1.54, 1.807) is 13.1 Å². The molecule has 1 unspecified atom stereocenters. The number of nitrogens with zero attached hydrogens (tertiary/aromatic N) is 2. The van der Waals surface area contributed by atoms with Crippen molar-refractivity contribution in [3.8, 4) is 5.75 Å². The Hall–Kier alpha value is -3.60. The maximum absolute atomic E-state index is 12.6. The highest BCUT2D eigenvalue weighted by Crippen LogP contribution is 2.26. The topological polar surface area (TPSA) is 56.1 Å². The van der Waals surface area contributed by atoms with Crippen molar-refractivity contribution in [2.24, 2.45) is 0 Å². The molecule has 1 N–H and O–H groups in total. The molecule has 5 nitrogen and oxygen atoms in total. The molecule has 0 bridgehead atoms. The predicted octanol–water partition coefficient (Wildman–Crippen LogP) is 4.69. The third-order valence-electron chi connectivity index (χ3n) is 4.80. The van der Waals surface area contributed by atoms with Gasteiger partial charge in [-0.05, 0) is 30.4 Å². The smallest absolute Gasteiger partial charge is 0.265 e. The summed E-state index contributed by atoms with van der Waals surface area (Å²) in [4.78, 5) is 12.6. The Morgan fingerprint density at radius 1 is 1.03 bits per heavy atom. The summed E-state index contributed by atoms with van der Waals surface area (Å²) in [5.41, 5.74) is 1.92. The molecule has 29 heavy (non-hydrogen) atoms. The van der Waals surface area contributed by atoms with Gasteiger partial charge in [0.05, 0.1) is 11.9 Å². The van der Waals surface area contributed by atoms with Crippen LogP contribution in [0.3, 0.4) is 0 Å². The number of aromatic nitrogens is 2. The minimum absolute atomic E-state index is 0.208. The molecule has 4 rings (SSSR count). The van der Waals surface area contributed by atoms with Gasteiger partial charge in [0.25, 0.3) is 5.91 Å². The second kappa shape index (κ2) is 8.61. The predicted molar refractivity (Wildman–Crippen MR) is 115 cm³/mol. The fourth-order valence-electron chi connectivity index (χ4n) is 3.23. The normalized spacial score (nSPS) is 11.9. The van der Waals surface area contributed by atoms with Gasteiger partial charge in [-0.1, -0.05) is 66.7 Å². The van der Waals surface area contributed by atoms with E-state index in [9.17, 15) is 4.79 Å². The zero-order chi connectivity index (χ0) is 20.1. The van der Waals surface area contributed by atoms with Gasteiger partial charge >= 0.3 is 0 Å². The lowest BCUT2D eigenvalue weighted by Crippen LogP contribution is -2.30. The van der Waals surface area contributed by atoms with Gasteiger partial charge in [0, 0.05) is 18.1 Å². The highest BCUT2D eigenvalue weighted by Gasteiger charge is 2.16. The number of benzene rings is 3. The fraction of sp³-hybridized carbons (Fsp3) is 0.167. The summed E-state index contributed by atoms with van der Waals surface area (Å²) in [6, 6.07) is 24.1. The highest BCUT2D eigenvalue weighted by molar-refractivity contribution is 5.94. The molecular formula is C24H23N3O2. The van der Waals surface area contributed by atoms with Crippen molar-refractivity contribution in [2.45, 2.75) is 26.0 Å².